The van der Waals surface area contributed by atoms with E-state index in [2.05, 4.69) is 16.0 Å². The zero-order chi connectivity index (χ0) is 27.9. The molecule has 0 aliphatic heterocycles. The number of amides is 1. The molecule has 0 saturated heterocycles. The predicted octanol–water partition coefficient (Wildman–Crippen LogP) is 6.40. The highest BCUT2D eigenvalue weighted by Gasteiger charge is 2.26. The van der Waals surface area contributed by atoms with Crippen LogP contribution in [0.15, 0.2) is 36.7 Å². The topological polar surface area (TPSA) is 98.7 Å². The molecule has 3 rings (SSSR count). The molecule has 0 bridgehead atoms. The van der Waals surface area contributed by atoms with Gasteiger partial charge in [0.1, 0.15) is 16.5 Å². The van der Waals surface area contributed by atoms with Gasteiger partial charge in [0.2, 0.25) is 0 Å². The van der Waals surface area contributed by atoms with Gasteiger partial charge in [-0.3, -0.25) is 9.88 Å². The van der Waals surface area contributed by atoms with Gasteiger partial charge in [-0.1, -0.05) is 17.7 Å². The van der Waals surface area contributed by atoms with E-state index in [1.54, 1.807) is 24.4 Å². The second-order valence-electron chi connectivity index (χ2n) is 9.53. The number of benzene rings is 1. The Morgan fingerprint density at radius 1 is 1.05 bits per heavy atom. The fourth-order valence-electron chi connectivity index (χ4n) is 3.86. The average Bonchev–Trinajstić information content (AvgIpc) is 2.79. The predicted molar refractivity (Wildman–Crippen MR) is 142 cm³/mol. The van der Waals surface area contributed by atoms with Crippen LogP contribution in [0.4, 0.5) is 10.5 Å². The van der Waals surface area contributed by atoms with Crippen LogP contribution in [0.2, 0.25) is 5.15 Å². The number of aryl methyl sites for hydroxylation is 2. The van der Waals surface area contributed by atoms with E-state index in [-0.39, 0.29) is 12.7 Å². The average molecular weight is 526 g/mol. The van der Waals surface area contributed by atoms with Gasteiger partial charge in [-0.15, -0.1) is 0 Å². The van der Waals surface area contributed by atoms with Crippen molar-refractivity contribution in [2.24, 2.45) is 0 Å². The first-order valence-corrected chi connectivity index (χ1v) is 11.9. The standard InChI is InChI=1S/C27H32ClN3O3.CO2/c1-16-11-20(22-9-10-29-25(28)18(22)3)13-21(12-16)31(26(32)34-27(5,6)7)15-23-19(4)24(33-8)17(2)14-30-23;2-1-3/h9-14H,15H2,1-8H3;. The highest BCUT2D eigenvalue weighted by molar-refractivity contribution is 6.30. The molecule has 9 heteroatoms. The van der Waals surface area contributed by atoms with Gasteiger partial charge in [-0.2, -0.15) is 9.59 Å². The van der Waals surface area contributed by atoms with Crippen LogP contribution in [-0.2, 0) is 20.9 Å². The molecule has 0 spiro atoms. The zero-order valence-corrected chi connectivity index (χ0v) is 23.2. The molecule has 0 aliphatic carbocycles. The third-order valence-electron chi connectivity index (χ3n) is 5.50. The van der Waals surface area contributed by atoms with E-state index in [9.17, 15) is 4.79 Å². The maximum atomic E-state index is 13.4. The Hall–Kier alpha value is -3.74. The lowest BCUT2D eigenvalue weighted by atomic mass is 9.99. The van der Waals surface area contributed by atoms with Gasteiger partial charge < -0.3 is 9.47 Å². The molecule has 0 aliphatic rings. The third-order valence-corrected chi connectivity index (χ3v) is 5.88. The van der Waals surface area contributed by atoms with Crippen LogP contribution < -0.4 is 9.64 Å². The number of anilines is 1. The van der Waals surface area contributed by atoms with Crippen LogP contribution in [-0.4, -0.2) is 34.9 Å². The number of hydrogen-bond donors (Lipinski definition) is 0. The number of ether oxygens (including phenoxy) is 2. The molecule has 0 atom stereocenters. The number of pyridine rings is 2. The fraction of sp³-hybridized carbons (Fsp3) is 0.357. The van der Waals surface area contributed by atoms with Crippen molar-refractivity contribution in [2.75, 3.05) is 12.0 Å². The molecule has 0 unspecified atom stereocenters. The molecule has 0 radical (unpaired) electrons. The van der Waals surface area contributed by atoms with Crippen LogP contribution >= 0.6 is 11.6 Å². The van der Waals surface area contributed by atoms with Crippen molar-refractivity contribution in [1.29, 1.82) is 0 Å². The van der Waals surface area contributed by atoms with E-state index < -0.39 is 11.7 Å². The second kappa shape index (κ2) is 12.5. The summed E-state index contributed by atoms with van der Waals surface area (Å²) in [5.74, 6) is 0.765. The summed E-state index contributed by atoms with van der Waals surface area (Å²) in [7, 11) is 1.64. The van der Waals surface area contributed by atoms with Crippen molar-refractivity contribution >= 4 is 29.5 Å². The number of halogens is 1. The molecule has 37 heavy (non-hydrogen) atoms. The quantitative estimate of drug-likeness (QED) is 0.355. The molecule has 2 aromatic heterocycles. The van der Waals surface area contributed by atoms with Crippen LogP contribution in [0.25, 0.3) is 11.1 Å². The molecular formula is C28H32ClN3O5. The second-order valence-corrected chi connectivity index (χ2v) is 9.89. The van der Waals surface area contributed by atoms with Crippen molar-refractivity contribution in [2.45, 2.75) is 60.6 Å². The maximum absolute atomic E-state index is 13.4. The monoisotopic (exact) mass is 525 g/mol. The van der Waals surface area contributed by atoms with Gasteiger partial charge in [0, 0.05) is 29.2 Å². The summed E-state index contributed by atoms with van der Waals surface area (Å²) in [6.07, 6.45) is 3.25. The third kappa shape index (κ3) is 7.62. The minimum Gasteiger partial charge on any atom is -0.496 e. The number of carbonyl (C=O) groups excluding carboxylic acids is 3. The first-order valence-electron chi connectivity index (χ1n) is 11.5. The first kappa shape index (κ1) is 29.5. The Kier molecular flexibility index (Phi) is 9.95. The summed E-state index contributed by atoms with van der Waals surface area (Å²) >= 11 is 6.28. The number of nitrogens with zero attached hydrogens (tertiary/aromatic N) is 3. The summed E-state index contributed by atoms with van der Waals surface area (Å²) in [5, 5.41) is 0.455. The van der Waals surface area contributed by atoms with Crippen molar-refractivity contribution in [1.82, 2.24) is 9.97 Å². The summed E-state index contributed by atoms with van der Waals surface area (Å²) in [6.45, 7) is 13.6. The van der Waals surface area contributed by atoms with Crippen molar-refractivity contribution in [3.05, 3.63) is 69.8 Å². The molecule has 196 valence electrons. The van der Waals surface area contributed by atoms with Gasteiger partial charge >= 0.3 is 12.2 Å². The lowest BCUT2D eigenvalue weighted by Gasteiger charge is -2.28. The summed E-state index contributed by atoms with van der Waals surface area (Å²) in [5.41, 5.74) is 6.40. The SMILES string of the molecule is COc1c(C)cnc(CN(C(=O)OC(C)(C)C)c2cc(C)cc(-c3ccnc(Cl)c3C)c2)c1C.O=C=O. The van der Waals surface area contributed by atoms with Crippen LogP contribution in [0, 0.1) is 27.7 Å². The largest absolute Gasteiger partial charge is 0.496 e. The Bertz CT molecular complexity index is 1310. The summed E-state index contributed by atoms with van der Waals surface area (Å²) < 4.78 is 11.3. The van der Waals surface area contributed by atoms with Crippen LogP contribution in [0.1, 0.15) is 48.7 Å². The highest BCUT2D eigenvalue weighted by atomic mass is 35.5. The number of carbonyl (C=O) groups is 1. The smallest absolute Gasteiger partial charge is 0.415 e. The fourth-order valence-corrected chi connectivity index (χ4v) is 4.01. The van der Waals surface area contributed by atoms with E-state index >= 15 is 0 Å². The van der Waals surface area contributed by atoms with Crippen molar-refractivity contribution in [3.8, 4) is 16.9 Å². The summed E-state index contributed by atoms with van der Waals surface area (Å²) in [4.78, 5) is 40.0. The van der Waals surface area contributed by atoms with Crippen molar-refractivity contribution in [3.63, 3.8) is 0 Å². The number of aromatic nitrogens is 2. The van der Waals surface area contributed by atoms with E-state index in [1.165, 1.54) is 0 Å². The molecular weight excluding hydrogens is 494 g/mol. The zero-order valence-electron chi connectivity index (χ0n) is 22.4. The lowest BCUT2D eigenvalue weighted by molar-refractivity contribution is -0.191. The normalized spacial score (nSPS) is 10.6. The molecule has 0 saturated carbocycles. The first-order chi connectivity index (χ1) is 17.3. The van der Waals surface area contributed by atoms with Gasteiger partial charge in [0.15, 0.2) is 0 Å². The summed E-state index contributed by atoms with van der Waals surface area (Å²) in [6, 6.07) is 7.92. The molecule has 1 aromatic carbocycles. The number of hydrogen-bond acceptors (Lipinski definition) is 7. The molecule has 3 aromatic rings. The maximum Gasteiger partial charge on any atom is 0.415 e. The molecule has 0 fully saturated rings. The lowest BCUT2D eigenvalue weighted by Crippen LogP contribution is -2.37. The molecule has 8 nitrogen and oxygen atoms in total. The Labute approximate surface area is 222 Å². The van der Waals surface area contributed by atoms with Gasteiger partial charge in [0.25, 0.3) is 0 Å². The van der Waals surface area contributed by atoms with Crippen LogP contribution in [0.3, 0.4) is 0 Å². The number of methoxy groups -OCH3 is 1. The Morgan fingerprint density at radius 2 is 1.70 bits per heavy atom. The van der Waals surface area contributed by atoms with Crippen LogP contribution in [0.5, 0.6) is 5.75 Å². The van der Waals surface area contributed by atoms with E-state index in [1.807, 2.05) is 66.7 Å². The van der Waals surface area contributed by atoms with E-state index in [0.29, 0.717) is 10.8 Å². The molecule has 1 amide bonds. The van der Waals surface area contributed by atoms with Crippen molar-refractivity contribution < 1.29 is 23.9 Å². The molecule has 0 N–H and O–H groups in total. The molecule has 2 heterocycles. The van der Waals surface area contributed by atoms with E-state index in [0.717, 1.165) is 44.8 Å². The van der Waals surface area contributed by atoms with E-state index in [4.69, 9.17) is 30.7 Å². The Balaban J connectivity index is 0.00000153. The highest BCUT2D eigenvalue weighted by Crippen LogP contribution is 2.33. The van der Waals surface area contributed by atoms with Gasteiger partial charge in [-0.25, -0.2) is 9.78 Å². The van der Waals surface area contributed by atoms with Gasteiger partial charge in [0.05, 0.1) is 19.3 Å². The minimum absolute atomic E-state index is 0.233. The number of rotatable bonds is 5. The minimum atomic E-state index is -0.648. The Morgan fingerprint density at radius 3 is 2.30 bits per heavy atom. The van der Waals surface area contributed by atoms with Gasteiger partial charge in [-0.05, 0) is 88.9 Å².